The summed E-state index contributed by atoms with van der Waals surface area (Å²) in [4.78, 5) is 23.8. The van der Waals surface area contributed by atoms with Gasteiger partial charge in [0.15, 0.2) is 0 Å². The number of rotatable bonds is 5. The molecule has 106 valence electrons. The van der Waals surface area contributed by atoms with Crippen molar-refractivity contribution in [3.8, 4) is 0 Å². The summed E-state index contributed by atoms with van der Waals surface area (Å²) < 4.78 is 13.1. The largest absolute Gasteiger partial charge is 0.342 e. The molecule has 0 spiro atoms. The van der Waals surface area contributed by atoms with Crippen LogP contribution in [0.1, 0.15) is 18.4 Å². The van der Waals surface area contributed by atoms with Crippen molar-refractivity contribution in [2.45, 2.75) is 31.3 Å². The predicted molar refractivity (Wildman–Crippen MR) is 73.4 cm³/mol. The monoisotopic (exact) mass is 276 g/mol. The van der Waals surface area contributed by atoms with Gasteiger partial charge in [-0.3, -0.25) is 9.59 Å². The molecule has 1 aliphatic rings. The zero-order valence-corrected chi connectivity index (χ0v) is 11.1. The quantitative estimate of drug-likeness (QED) is 0.797. The smallest absolute Gasteiger partial charge is 0.243 e. The van der Waals surface area contributed by atoms with Gasteiger partial charge in [0.1, 0.15) is 17.9 Å². The third-order valence-corrected chi connectivity index (χ3v) is 3.25. The lowest BCUT2D eigenvalue weighted by Gasteiger charge is -2.29. The Labute approximate surface area is 117 Å². The van der Waals surface area contributed by atoms with Crippen LogP contribution in [-0.4, -0.2) is 23.9 Å². The third kappa shape index (κ3) is 3.44. The molecule has 1 aromatic carbocycles. The maximum atomic E-state index is 13.1. The van der Waals surface area contributed by atoms with Gasteiger partial charge < -0.3 is 10.6 Å². The molecular formula is C15H17FN2O2. The third-order valence-electron chi connectivity index (χ3n) is 3.25. The molecule has 4 nitrogen and oxygen atoms in total. The van der Waals surface area contributed by atoms with Crippen molar-refractivity contribution in [3.63, 3.8) is 0 Å². The summed E-state index contributed by atoms with van der Waals surface area (Å²) >= 11 is 0. The summed E-state index contributed by atoms with van der Waals surface area (Å²) in [5, 5.41) is 5.38. The van der Waals surface area contributed by atoms with Crippen LogP contribution in [0, 0.1) is 5.82 Å². The van der Waals surface area contributed by atoms with E-state index in [1.54, 1.807) is 18.2 Å². The molecule has 0 saturated carbocycles. The maximum absolute atomic E-state index is 13.1. The molecule has 20 heavy (non-hydrogen) atoms. The zero-order chi connectivity index (χ0) is 14.5. The Morgan fingerprint density at radius 2 is 1.90 bits per heavy atom. The van der Waals surface area contributed by atoms with Crippen molar-refractivity contribution >= 4 is 11.8 Å². The number of nitrogens with one attached hydrogen (secondary N) is 2. The Kier molecular flexibility index (Phi) is 4.50. The molecule has 5 heteroatoms. The summed E-state index contributed by atoms with van der Waals surface area (Å²) in [6, 6.07) is 4.86. The molecule has 1 aromatic rings. The molecule has 0 bridgehead atoms. The molecule has 1 fully saturated rings. The van der Waals surface area contributed by atoms with E-state index in [4.69, 9.17) is 0 Å². The lowest BCUT2D eigenvalue weighted by atomic mass is 10.0. The first-order chi connectivity index (χ1) is 9.60. The maximum Gasteiger partial charge on any atom is 0.243 e. The predicted octanol–water partition coefficient (Wildman–Crippen LogP) is 1.32. The van der Waals surface area contributed by atoms with Crippen molar-refractivity contribution in [1.82, 2.24) is 10.6 Å². The molecule has 2 N–H and O–H groups in total. The highest BCUT2D eigenvalue weighted by Gasteiger charge is 2.32. The molecule has 1 saturated heterocycles. The van der Waals surface area contributed by atoms with E-state index in [2.05, 4.69) is 17.2 Å². The minimum atomic E-state index is -0.649. The highest BCUT2D eigenvalue weighted by atomic mass is 19.1. The van der Waals surface area contributed by atoms with Crippen LogP contribution in [0.4, 0.5) is 4.39 Å². The molecule has 0 aromatic heterocycles. The molecule has 2 unspecified atom stereocenters. The minimum absolute atomic E-state index is 0.201. The number of hydrogen-bond donors (Lipinski definition) is 2. The van der Waals surface area contributed by atoms with Crippen LogP contribution < -0.4 is 10.6 Å². The summed E-state index contributed by atoms with van der Waals surface area (Å²) in [5.41, 5.74) is 0.676. The van der Waals surface area contributed by atoms with Gasteiger partial charge in [0, 0.05) is 6.42 Å². The van der Waals surface area contributed by atoms with E-state index in [1.807, 2.05) is 0 Å². The fourth-order valence-electron chi connectivity index (χ4n) is 2.21. The first-order valence-corrected chi connectivity index (χ1v) is 6.56. The normalized spacial score (nSPS) is 22.1. The Balaban J connectivity index is 1.99. The number of amides is 2. The van der Waals surface area contributed by atoms with Gasteiger partial charge in [-0.05, 0) is 30.5 Å². The topological polar surface area (TPSA) is 58.2 Å². The highest BCUT2D eigenvalue weighted by Crippen LogP contribution is 2.10. The van der Waals surface area contributed by atoms with E-state index in [9.17, 15) is 14.0 Å². The number of benzene rings is 1. The fraction of sp³-hybridized carbons (Fsp3) is 0.333. The summed E-state index contributed by atoms with van der Waals surface area (Å²) in [5.74, 6) is -0.787. The molecule has 1 aliphatic heterocycles. The van der Waals surface area contributed by atoms with E-state index in [0.717, 1.165) is 0 Å². The molecular weight excluding hydrogens is 259 g/mol. The first-order valence-electron chi connectivity index (χ1n) is 6.56. The molecule has 2 amide bonds. The Morgan fingerprint density at radius 1 is 1.20 bits per heavy atom. The molecule has 0 aliphatic carbocycles. The van der Waals surface area contributed by atoms with Crippen LogP contribution in [-0.2, 0) is 16.0 Å². The van der Waals surface area contributed by atoms with Crippen LogP contribution in [0.15, 0.2) is 36.9 Å². The molecule has 2 atom stereocenters. The Morgan fingerprint density at radius 3 is 2.60 bits per heavy atom. The number of hydrogen-bond acceptors (Lipinski definition) is 2. The van der Waals surface area contributed by atoms with Crippen molar-refractivity contribution < 1.29 is 14.0 Å². The van der Waals surface area contributed by atoms with Gasteiger partial charge in [0.2, 0.25) is 11.8 Å². The van der Waals surface area contributed by atoms with Gasteiger partial charge in [-0.1, -0.05) is 18.2 Å². The van der Waals surface area contributed by atoms with Crippen molar-refractivity contribution in [3.05, 3.63) is 48.3 Å². The number of allylic oxidation sites excluding steroid dienone is 1. The van der Waals surface area contributed by atoms with Gasteiger partial charge in [0.25, 0.3) is 0 Å². The average molecular weight is 276 g/mol. The van der Waals surface area contributed by atoms with Crippen LogP contribution in [0.5, 0.6) is 0 Å². The van der Waals surface area contributed by atoms with Crippen molar-refractivity contribution in [2.24, 2.45) is 0 Å². The summed E-state index contributed by atoms with van der Waals surface area (Å²) in [6.45, 7) is 3.59. The van der Waals surface area contributed by atoms with Gasteiger partial charge >= 0.3 is 0 Å². The molecule has 0 radical (unpaired) electrons. The zero-order valence-electron chi connectivity index (χ0n) is 11.1. The first kappa shape index (κ1) is 14.2. The van der Waals surface area contributed by atoms with E-state index < -0.39 is 12.1 Å². The Bertz CT molecular complexity index is 530. The van der Waals surface area contributed by atoms with Crippen molar-refractivity contribution in [2.75, 3.05) is 0 Å². The van der Waals surface area contributed by atoms with Crippen molar-refractivity contribution in [1.29, 1.82) is 0 Å². The van der Waals surface area contributed by atoms with Crippen LogP contribution in [0.25, 0.3) is 0 Å². The highest BCUT2D eigenvalue weighted by molar-refractivity contribution is 5.97. The number of piperazine rings is 1. The lowest BCUT2D eigenvalue weighted by molar-refractivity contribution is -0.136. The van der Waals surface area contributed by atoms with Gasteiger partial charge in [-0.15, -0.1) is 6.58 Å². The summed E-state index contributed by atoms with van der Waals surface area (Å²) in [6.07, 6.45) is 3.18. The average Bonchev–Trinajstić information content (AvgIpc) is 2.41. The van der Waals surface area contributed by atoms with E-state index in [0.29, 0.717) is 18.4 Å². The minimum Gasteiger partial charge on any atom is -0.342 e. The fourth-order valence-corrected chi connectivity index (χ4v) is 2.21. The van der Waals surface area contributed by atoms with Gasteiger partial charge in [-0.2, -0.15) is 0 Å². The van der Waals surface area contributed by atoms with Gasteiger partial charge in [-0.25, -0.2) is 4.39 Å². The lowest BCUT2D eigenvalue weighted by Crippen LogP contribution is -2.62. The number of halogens is 1. The number of carbonyl (C=O) groups excluding carboxylic acids is 2. The molecule has 1 heterocycles. The van der Waals surface area contributed by atoms with E-state index in [1.165, 1.54) is 12.1 Å². The van der Waals surface area contributed by atoms with E-state index in [-0.39, 0.29) is 24.1 Å². The van der Waals surface area contributed by atoms with Crippen LogP contribution in [0.3, 0.4) is 0 Å². The second kappa shape index (κ2) is 6.32. The standard InChI is InChI=1S/C15H17FN2O2/c1-2-3-7-12-14(19)18-13(15(20)17-12)9-10-5-4-6-11(16)8-10/h2,4-6,8,12-13H,1,3,7,9H2,(H,17,20)(H,18,19). The number of carbonyl (C=O) groups is 2. The van der Waals surface area contributed by atoms with Crippen LogP contribution in [0.2, 0.25) is 0 Å². The second-order valence-corrected chi connectivity index (χ2v) is 4.82. The second-order valence-electron chi connectivity index (χ2n) is 4.82. The Hall–Kier alpha value is -2.17. The SMILES string of the molecule is C=CCCC1NC(=O)C(Cc2cccc(F)c2)NC1=O. The van der Waals surface area contributed by atoms with E-state index >= 15 is 0 Å². The van der Waals surface area contributed by atoms with Crippen LogP contribution >= 0.6 is 0 Å². The summed E-state index contributed by atoms with van der Waals surface area (Å²) in [7, 11) is 0. The van der Waals surface area contributed by atoms with Gasteiger partial charge in [0.05, 0.1) is 0 Å². The molecule has 2 rings (SSSR count).